The van der Waals surface area contributed by atoms with Gasteiger partial charge in [0.05, 0.1) is 27.2 Å². The Hall–Kier alpha value is -3.57. The number of carbonyl (C=O) groups excluding carboxylic acids is 2. The molecule has 12 heteroatoms. The van der Waals surface area contributed by atoms with Crippen LogP contribution in [0.25, 0.3) is 0 Å². The number of halogens is 3. The smallest absolute Gasteiger partial charge is 0.264 e. The van der Waals surface area contributed by atoms with Crippen LogP contribution in [0.5, 0.6) is 5.75 Å². The minimum Gasteiger partial charge on any atom is -0.494 e. The van der Waals surface area contributed by atoms with Crippen molar-refractivity contribution in [2.45, 2.75) is 57.1 Å². The van der Waals surface area contributed by atoms with Gasteiger partial charge in [-0.05, 0) is 99.5 Å². The van der Waals surface area contributed by atoms with Crippen LogP contribution in [0.1, 0.15) is 38.8 Å². The molecule has 0 aromatic heterocycles. The Bertz CT molecular complexity index is 1820. The second-order valence-corrected chi connectivity index (χ2v) is 15.7. The second kappa shape index (κ2) is 16.2. The molecule has 8 nitrogen and oxygen atoms in total. The molecule has 0 spiro atoms. The molecular formula is C36H38BrCl2N3O5S. The molecule has 4 aromatic carbocycles. The zero-order valence-electron chi connectivity index (χ0n) is 27.1. The molecule has 0 heterocycles. The summed E-state index contributed by atoms with van der Waals surface area (Å²) in [6.07, 6.45) is 0.179. The standard InChI is InChI=1S/C36H38BrCl2N3O5S/c1-5-47-29-16-14-28(15-17-29)42(48(45,46)30-18-12-27(37)13-19-30)24-34(43)41(23-26-11-20-31(38)32(39)21-26)33(35(44)40-36(2,3)4)22-25-9-7-6-8-10-25/h6-21,33H,5,22-24H2,1-4H3,(H,40,44)/t33-/m1/s1. The molecule has 4 rings (SSSR count). The number of ether oxygens (including phenoxy) is 1. The van der Waals surface area contributed by atoms with Crippen molar-refractivity contribution >= 4 is 66.7 Å². The van der Waals surface area contributed by atoms with Gasteiger partial charge in [0, 0.05) is 23.0 Å². The quantitative estimate of drug-likeness (QED) is 0.149. The van der Waals surface area contributed by atoms with Crippen LogP contribution in [0.3, 0.4) is 0 Å². The van der Waals surface area contributed by atoms with Crippen LogP contribution in [0.4, 0.5) is 5.69 Å². The number of hydrogen-bond acceptors (Lipinski definition) is 5. The Labute approximate surface area is 301 Å². The molecule has 0 aliphatic rings. The third-order valence-electron chi connectivity index (χ3n) is 7.22. The minimum absolute atomic E-state index is 0.00488. The molecule has 0 unspecified atom stereocenters. The molecule has 0 saturated heterocycles. The zero-order valence-corrected chi connectivity index (χ0v) is 31.0. The van der Waals surface area contributed by atoms with Gasteiger partial charge in [-0.1, -0.05) is 75.5 Å². The molecule has 0 bridgehead atoms. The SMILES string of the molecule is CCOc1ccc(N(CC(=O)N(Cc2ccc(Cl)c(Cl)c2)[C@H](Cc2ccccc2)C(=O)NC(C)(C)C)S(=O)(=O)c2ccc(Br)cc2)cc1. The van der Waals surface area contributed by atoms with Crippen molar-refractivity contribution < 1.29 is 22.7 Å². The second-order valence-electron chi connectivity index (χ2n) is 12.1. The molecule has 4 aromatic rings. The van der Waals surface area contributed by atoms with Gasteiger partial charge >= 0.3 is 0 Å². The highest BCUT2D eigenvalue weighted by molar-refractivity contribution is 9.10. The fraction of sp³-hybridized carbons (Fsp3) is 0.278. The van der Waals surface area contributed by atoms with Crippen LogP contribution < -0.4 is 14.4 Å². The number of benzene rings is 4. The van der Waals surface area contributed by atoms with Crippen LogP contribution in [0, 0.1) is 0 Å². The molecule has 1 atom stereocenters. The van der Waals surface area contributed by atoms with Gasteiger partial charge in [-0.25, -0.2) is 8.42 Å². The van der Waals surface area contributed by atoms with Crippen LogP contribution in [0.2, 0.25) is 10.0 Å². The largest absolute Gasteiger partial charge is 0.494 e. The van der Waals surface area contributed by atoms with Gasteiger partial charge in [0.2, 0.25) is 11.8 Å². The van der Waals surface area contributed by atoms with E-state index in [-0.39, 0.29) is 34.5 Å². The highest BCUT2D eigenvalue weighted by Crippen LogP contribution is 2.29. The molecule has 0 saturated carbocycles. The Morgan fingerprint density at radius 2 is 1.52 bits per heavy atom. The average molecular weight is 776 g/mol. The Kier molecular flexibility index (Phi) is 12.6. The van der Waals surface area contributed by atoms with E-state index in [4.69, 9.17) is 27.9 Å². The molecule has 1 N–H and O–H groups in total. The summed E-state index contributed by atoms with van der Waals surface area (Å²) < 4.78 is 35.8. The van der Waals surface area contributed by atoms with E-state index in [0.717, 1.165) is 9.87 Å². The lowest BCUT2D eigenvalue weighted by Crippen LogP contribution is -2.56. The Morgan fingerprint density at radius 3 is 2.10 bits per heavy atom. The summed E-state index contributed by atoms with van der Waals surface area (Å²) in [5.74, 6) is -0.430. The van der Waals surface area contributed by atoms with E-state index in [1.165, 1.54) is 17.0 Å². The van der Waals surface area contributed by atoms with Gasteiger partial charge in [0.1, 0.15) is 18.3 Å². The molecule has 0 fully saturated rings. The molecule has 254 valence electrons. The number of amides is 2. The maximum absolute atomic E-state index is 14.6. The van der Waals surface area contributed by atoms with Crippen molar-refractivity contribution in [1.29, 1.82) is 0 Å². The lowest BCUT2D eigenvalue weighted by atomic mass is 10.0. The average Bonchev–Trinajstić information content (AvgIpc) is 3.03. The third kappa shape index (κ3) is 9.98. The van der Waals surface area contributed by atoms with Crippen LogP contribution >= 0.6 is 39.1 Å². The monoisotopic (exact) mass is 773 g/mol. The highest BCUT2D eigenvalue weighted by atomic mass is 79.9. The predicted octanol–water partition coefficient (Wildman–Crippen LogP) is 7.90. The van der Waals surface area contributed by atoms with E-state index in [9.17, 15) is 18.0 Å². The number of anilines is 1. The van der Waals surface area contributed by atoms with Crippen LogP contribution in [-0.4, -0.2) is 49.9 Å². The fourth-order valence-electron chi connectivity index (χ4n) is 4.98. The summed E-state index contributed by atoms with van der Waals surface area (Å²) in [5, 5.41) is 3.64. The first-order chi connectivity index (χ1) is 22.7. The first-order valence-electron chi connectivity index (χ1n) is 15.3. The van der Waals surface area contributed by atoms with E-state index >= 15 is 0 Å². The molecule has 0 aliphatic carbocycles. The minimum atomic E-state index is -4.26. The summed E-state index contributed by atoms with van der Waals surface area (Å²) in [6.45, 7) is 7.21. The summed E-state index contributed by atoms with van der Waals surface area (Å²) in [6, 6.07) is 26.0. The van der Waals surface area contributed by atoms with Crippen molar-refractivity contribution in [2.75, 3.05) is 17.5 Å². The zero-order chi connectivity index (χ0) is 35.1. The van der Waals surface area contributed by atoms with E-state index in [1.807, 2.05) is 58.0 Å². The van der Waals surface area contributed by atoms with Gasteiger partial charge in [-0.2, -0.15) is 0 Å². The first kappa shape index (κ1) is 37.3. The molecule has 48 heavy (non-hydrogen) atoms. The van der Waals surface area contributed by atoms with Gasteiger partial charge in [-0.3, -0.25) is 13.9 Å². The van der Waals surface area contributed by atoms with Crippen molar-refractivity contribution in [3.8, 4) is 5.75 Å². The maximum atomic E-state index is 14.6. The van der Waals surface area contributed by atoms with Gasteiger partial charge in [0.25, 0.3) is 10.0 Å². The third-order valence-corrected chi connectivity index (χ3v) is 10.3. The number of hydrogen-bond donors (Lipinski definition) is 1. The summed E-state index contributed by atoms with van der Waals surface area (Å²) in [5.41, 5.74) is 1.08. The van der Waals surface area contributed by atoms with Gasteiger partial charge < -0.3 is 15.0 Å². The Balaban J connectivity index is 1.83. The number of nitrogens with zero attached hydrogens (tertiary/aromatic N) is 2. The topological polar surface area (TPSA) is 96.0 Å². The first-order valence-corrected chi connectivity index (χ1v) is 18.3. The van der Waals surface area contributed by atoms with E-state index in [0.29, 0.717) is 27.4 Å². The van der Waals surface area contributed by atoms with Crippen molar-refractivity contribution in [1.82, 2.24) is 10.2 Å². The van der Waals surface area contributed by atoms with Crippen molar-refractivity contribution in [3.63, 3.8) is 0 Å². The number of rotatable bonds is 13. The number of sulfonamides is 1. The van der Waals surface area contributed by atoms with Crippen LogP contribution in [0.15, 0.2) is 106 Å². The van der Waals surface area contributed by atoms with Gasteiger partial charge in [0.15, 0.2) is 0 Å². The van der Waals surface area contributed by atoms with Crippen molar-refractivity contribution in [3.05, 3.63) is 123 Å². The predicted molar refractivity (Wildman–Crippen MR) is 195 cm³/mol. The van der Waals surface area contributed by atoms with E-state index < -0.39 is 34.1 Å². The molecule has 2 amide bonds. The fourth-order valence-corrected chi connectivity index (χ4v) is 6.98. The van der Waals surface area contributed by atoms with E-state index in [2.05, 4.69) is 21.2 Å². The van der Waals surface area contributed by atoms with Crippen LogP contribution in [-0.2, 0) is 32.6 Å². The number of carbonyl (C=O) groups is 2. The number of nitrogens with one attached hydrogen (secondary N) is 1. The molecule has 0 aliphatic heterocycles. The summed E-state index contributed by atoms with van der Waals surface area (Å²) in [7, 11) is -4.26. The molecular weight excluding hydrogens is 737 g/mol. The molecule has 0 radical (unpaired) electrons. The normalized spacial score (nSPS) is 12.2. The lowest BCUT2D eigenvalue weighted by molar-refractivity contribution is -0.140. The van der Waals surface area contributed by atoms with Crippen molar-refractivity contribution in [2.24, 2.45) is 0 Å². The van der Waals surface area contributed by atoms with Gasteiger partial charge in [-0.15, -0.1) is 0 Å². The maximum Gasteiger partial charge on any atom is 0.264 e. The lowest BCUT2D eigenvalue weighted by Gasteiger charge is -2.35. The highest BCUT2D eigenvalue weighted by Gasteiger charge is 2.35. The van der Waals surface area contributed by atoms with E-state index in [1.54, 1.807) is 54.6 Å². The Morgan fingerprint density at radius 1 is 0.875 bits per heavy atom. The summed E-state index contributed by atoms with van der Waals surface area (Å²) >= 11 is 15.9. The summed E-state index contributed by atoms with van der Waals surface area (Å²) in [4.78, 5) is 30.1.